The molecule has 1 aromatic heterocycles. The van der Waals surface area contributed by atoms with Crippen molar-refractivity contribution in [2.75, 3.05) is 19.8 Å². The Morgan fingerprint density at radius 1 is 1.52 bits per heavy atom. The van der Waals surface area contributed by atoms with Gasteiger partial charge in [-0.15, -0.1) is 0 Å². The summed E-state index contributed by atoms with van der Waals surface area (Å²) in [5.74, 6) is 1.39. The Morgan fingerprint density at radius 3 is 3.00 bits per heavy atom. The van der Waals surface area contributed by atoms with Crippen molar-refractivity contribution in [3.8, 4) is 5.19 Å². The van der Waals surface area contributed by atoms with E-state index < -0.39 is 0 Å². The molecule has 1 N–H and O–H groups in total. The SMILES string of the molecule is CCC(C)CCCNC(=O)c1cnc(OC=C2CN(C(C)C)CO2)s1. The molecule has 1 unspecified atom stereocenters. The summed E-state index contributed by atoms with van der Waals surface area (Å²) in [4.78, 5) is 19.0. The molecule has 0 radical (unpaired) electrons. The van der Waals surface area contributed by atoms with Gasteiger partial charge in [0, 0.05) is 12.6 Å². The molecule has 7 heteroatoms. The first-order chi connectivity index (χ1) is 12.0. The number of ether oxygens (including phenoxy) is 2. The van der Waals surface area contributed by atoms with Crippen LogP contribution < -0.4 is 10.1 Å². The van der Waals surface area contributed by atoms with Gasteiger partial charge in [0.25, 0.3) is 11.1 Å². The maximum atomic E-state index is 12.1. The van der Waals surface area contributed by atoms with E-state index in [4.69, 9.17) is 9.47 Å². The van der Waals surface area contributed by atoms with Crippen molar-refractivity contribution in [3.63, 3.8) is 0 Å². The molecule has 0 saturated carbocycles. The monoisotopic (exact) mass is 367 g/mol. The molecule has 0 aromatic carbocycles. The van der Waals surface area contributed by atoms with Gasteiger partial charge in [-0.3, -0.25) is 9.69 Å². The van der Waals surface area contributed by atoms with E-state index in [-0.39, 0.29) is 5.91 Å². The fourth-order valence-electron chi connectivity index (χ4n) is 2.34. The second-order valence-electron chi connectivity index (χ2n) is 6.72. The minimum atomic E-state index is -0.0905. The fraction of sp³-hybridized carbons (Fsp3) is 0.667. The Kier molecular flexibility index (Phi) is 7.71. The minimum absolute atomic E-state index is 0.0905. The third-order valence-electron chi connectivity index (χ3n) is 4.36. The molecule has 140 valence electrons. The molecule has 6 nitrogen and oxygen atoms in total. The number of amides is 1. The smallest absolute Gasteiger partial charge is 0.278 e. The van der Waals surface area contributed by atoms with Gasteiger partial charge in [-0.2, -0.15) is 0 Å². The van der Waals surface area contributed by atoms with Gasteiger partial charge in [0.1, 0.15) is 23.6 Å². The van der Waals surface area contributed by atoms with Gasteiger partial charge in [-0.1, -0.05) is 31.6 Å². The summed E-state index contributed by atoms with van der Waals surface area (Å²) in [5, 5.41) is 3.38. The standard InChI is InChI=1S/C18H29N3O3S/c1-5-14(4)7-6-8-19-17(22)16-9-20-18(25-16)23-11-15-10-21(12-24-15)13(2)3/h9,11,13-14H,5-8,10,12H2,1-4H3,(H,19,22). The first-order valence-corrected chi connectivity index (χ1v) is 9.77. The molecule has 2 rings (SSSR count). The Labute approximate surface area is 154 Å². The molecule has 1 aliphatic heterocycles. The number of thiazole rings is 1. The topological polar surface area (TPSA) is 63.7 Å². The number of carbonyl (C=O) groups is 1. The molecule has 1 atom stereocenters. The van der Waals surface area contributed by atoms with Gasteiger partial charge in [-0.25, -0.2) is 4.98 Å². The van der Waals surface area contributed by atoms with E-state index in [1.165, 1.54) is 17.8 Å². The highest BCUT2D eigenvalue weighted by Gasteiger charge is 2.20. The predicted molar refractivity (Wildman–Crippen MR) is 99.6 cm³/mol. The second-order valence-corrected chi connectivity index (χ2v) is 7.71. The molecule has 1 saturated heterocycles. The Bertz CT molecular complexity index is 586. The lowest BCUT2D eigenvalue weighted by atomic mass is 10.0. The van der Waals surface area contributed by atoms with Crippen LogP contribution in [0.25, 0.3) is 0 Å². The molecule has 1 fully saturated rings. The van der Waals surface area contributed by atoms with Crippen molar-refractivity contribution in [2.45, 2.75) is 53.0 Å². The Balaban J connectivity index is 1.75. The van der Waals surface area contributed by atoms with Crippen molar-refractivity contribution < 1.29 is 14.3 Å². The summed E-state index contributed by atoms with van der Waals surface area (Å²) in [6.45, 7) is 10.7. The number of nitrogens with zero attached hydrogens (tertiary/aromatic N) is 2. The van der Waals surface area contributed by atoms with E-state index in [2.05, 4.69) is 42.9 Å². The van der Waals surface area contributed by atoms with Gasteiger partial charge in [0.15, 0.2) is 0 Å². The van der Waals surface area contributed by atoms with E-state index in [1.54, 1.807) is 12.5 Å². The average Bonchev–Trinajstić information content (AvgIpc) is 3.25. The lowest BCUT2D eigenvalue weighted by molar-refractivity contribution is 0.0956. The van der Waals surface area contributed by atoms with E-state index in [0.717, 1.165) is 25.1 Å². The molecule has 1 amide bonds. The van der Waals surface area contributed by atoms with Crippen LogP contribution >= 0.6 is 11.3 Å². The van der Waals surface area contributed by atoms with Gasteiger partial charge in [-0.05, 0) is 32.6 Å². The predicted octanol–water partition coefficient (Wildman–Crippen LogP) is 3.62. The average molecular weight is 368 g/mol. The van der Waals surface area contributed by atoms with Gasteiger partial charge in [0.2, 0.25) is 0 Å². The zero-order valence-corrected chi connectivity index (χ0v) is 16.4. The van der Waals surface area contributed by atoms with Crippen LogP contribution in [-0.4, -0.2) is 41.7 Å². The number of hydrogen-bond acceptors (Lipinski definition) is 6. The van der Waals surface area contributed by atoms with E-state index >= 15 is 0 Å². The quantitative estimate of drug-likeness (QED) is 0.533. The Morgan fingerprint density at radius 2 is 2.32 bits per heavy atom. The zero-order valence-electron chi connectivity index (χ0n) is 15.6. The second kappa shape index (κ2) is 9.77. The number of rotatable bonds is 9. The summed E-state index contributed by atoms with van der Waals surface area (Å²) < 4.78 is 11.1. The molecule has 2 heterocycles. The first-order valence-electron chi connectivity index (χ1n) is 8.96. The van der Waals surface area contributed by atoms with Crippen LogP contribution in [0.1, 0.15) is 56.6 Å². The van der Waals surface area contributed by atoms with Crippen LogP contribution in [-0.2, 0) is 4.74 Å². The zero-order chi connectivity index (χ0) is 18.2. The van der Waals surface area contributed by atoms with Gasteiger partial charge in [0.05, 0.1) is 12.7 Å². The molecule has 0 spiro atoms. The number of aromatic nitrogens is 1. The highest BCUT2D eigenvalue weighted by Crippen LogP contribution is 2.22. The lowest BCUT2D eigenvalue weighted by Gasteiger charge is -2.15. The van der Waals surface area contributed by atoms with E-state index in [1.807, 2.05) is 0 Å². The van der Waals surface area contributed by atoms with Crippen molar-refractivity contribution in [1.29, 1.82) is 0 Å². The number of carbonyl (C=O) groups excluding carboxylic acids is 1. The maximum Gasteiger partial charge on any atom is 0.278 e. The van der Waals surface area contributed by atoms with Crippen molar-refractivity contribution in [2.24, 2.45) is 5.92 Å². The van der Waals surface area contributed by atoms with Crippen LogP contribution in [0.2, 0.25) is 0 Å². The molecule has 25 heavy (non-hydrogen) atoms. The summed E-state index contributed by atoms with van der Waals surface area (Å²) in [7, 11) is 0. The number of hydrogen-bond donors (Lipinski definition) is 1. The Hall–Kier alpha value is -1.60. The highest BCUT2D eigenvalue weighted by molar-refractivity contribution is 7.15. The van der Waals surface area contributed by atoms with Crippen LogP contribution in [0.15, 0.2) is 18.2 Å². The summed E-state index contributed by atoms with van der Waals surface area (Å²) in [5.41, 5.74) is 0. The van der Waals surface area contributed by atoms with Crippen LogP contribution in [0.4, 0.5) is 0 Å². The van der Waals surface area contributed by atoms with Crippen LogP contribution in [0.3, 0.4) is 0 Å². The van der Waals surface area contributed by atoms with Gasteiger partial charge < -0.3 is 14.8 Å². The third-order valence-corrected chi connectivity index (χ3v) is 5.25. The molecule has 0 aliphatic carbocycles. The summed E-state index contributed by atoms with van der Waals surface area (Å²) >= 11 is 1.24. The third kappa shape index (κ3) is 6.32. The van der Waals surface area contributed by atoms with Crippen molar-refractivity contribution in [3.05, 3.63) is 23.1 Å². The lowest BCUT2D eigenvalue weighted by Crippen LogP contribution is -2.27. The molecular weight excluding hydrogens is 338 g/mol. The molecule has 1 aromatic rings. The van der Waals surface area contributed by atoms with Crippen LogP contribution in [0, 0.1) is 5.92 Å². The summed E-state index contributed by atoms with van der Waals surface area (Å²) in [6, 6.07) is 0.432. The van der Waals surface area contributed by atoms with Crippen molar-refractivity contribution >= 4 is 17.2 Å². The normalized spacial score (nSPS) is 17.7. The number of nitrogens with one attached hydrogen (secondary N) is 1. The first kappa shape index (κ1) is 19.7. The molecular formula is C18H29N3O3S. The molecule has 1 aliphatic rings. The largest absolute Gasteiger partial charge is 0.478 e. The fourth-order valence-corrected chi connectivity index (χ4v) is 3.00. The van der Waals surface area contributed by atoms with Crippen LogP contribution in [0.5, 0.6) is 5.19 Å². The molecule has 0 bridgehead atoms. The van der Waals surface area contributed by atoms with Crippen molar-refractivity contribution in [1.82, 2.24) is 15.2 Å². The van der Waals surface area contributed by atoms with E-state index in [0.29, 0.717) is 35.3 Å². The maximum absolute atomic E-state index is 12.1. The van der Waals surface area contributed by atoms with E-state index in [9.17, 15) is 4.79 Å². The highest BCUT2D eigenvalue weighted by atomic mass is 32.1. The minimum Gasteiger partial charge on any atom is -0.478 e. The summed E-state index contributed by atoms with van der Waals surface area (Å²) in [6.07, 6.45) is 6.44. The van der Waals surface area contributed by atoms with Gasteiger partial charge >= 0.3 is 0 Å².